The van der Waals surface area contributed by atoms with Gasteiger partial charge in [-0.15, -0.1) is 0 Å². The topological polar surface area (TPSA) is 53.4 Å². The van der Waals surface area contributed by atoms with Crippen molar-refractivity contribution in [3.8, 4) is 0 Å². The summed E-state index contributed by atoms with van der Waals surface area (Å²) in [6.07, 6.45) is 18.6. The largest absolute Gasteiger partial charge is 0.396 e. The van der Waals surface area contributed by atoms with Gasteiger partial charge in [0.1, 0.15) is 0 Å². The molecular weight excluding hydrogens is 310 g/mol. The van der Waals surface area contributed by atoms with Crippen LogP contribution in [-0.2, 0) is 0 Å². The first kappa shape index (κ1) is 21.6. The smallest absolute Gasteiger partial charge is 0.0724 e. The molecule has 1 aromatic rings. The Bertz CT molecular complexity index is 497. The third-order valence-corrected chi connectivity index (χ3v) is 4.20. The van der Waals surface area contributed by atoms with Gasteiger partial charge in [0.2, 0.25) is 0 Å². The van der Waals surface area contributed by atoms with Crippen LogP contribution in [0.3, 0.4) is 0 Å². The normalized spacial score (nSPS) is 13.1. The summed E-state index contributed by atoms with van der Waals surface area (Å²) >= 11 is 0. The number of aromatic nitrogens is 1. The van der Waals surface area contributed by atoms with Crippen molar-refractivity contribution < 1.29 is 10.2 Å². The molecule has 0 amide bonds. The van der Waals surface area contributed by atoms with Gasteiger partial charge in [0.25, 0.3) is 0 Å². The minimum absolute atomic E-state index is 0.257. The molecule has 1 atom stereocenters. The van der Waals surface area contributed by atoms with E-state index in [-0.39, 0.29) is 12.7 Å². The van der Waals surface area contributed by atoms with E-state index in [1.54, 1.807) is 0 Å². The molecule has 0 spiro atoms. The molecule has 1 unspecified atom stereocenters. The van der Waals surface area contributed by atoms with Crippen LogP contribution < -0.4 is 0 Å². The summed E-state index contributed by atoms with van der Waals surface area (Å²) in [5, 5.41) is 18.8. The lowest BCUT2D eigenvalue weighted by atomic mass is 10.1. The van der Waals surface area contributed by atoms with Crippen molar-refractivity contribution >= 4 is 12.2 Å². The average molecular weight is 346 g/mol. The number of aliphatic hydroxyl groups is 2. The highest BCUT2D eigenvalue weighted by Gasteiger charge is 2.00. The number of aliphatic hydroxyl groups excluding tert-OH is 2. The Morgan fingerprint density at radius 3 is 2.44 bits per heavy atom. The van der Waals surface area contributed by atoms with Gasteiger partial charge in [-0.3, -0.25) is 0 Å². The highest BCUT2D eigenvalue weighted by atomic mass is 16.3. The summed E-state index contributed by atoms with van der Waals surface area (Å²) < 4.78 is 0. The molecule has 3 nitrogen and oxygen atoms in total. The van der Waals surface area contributed by atoms with Crippen LogP contribution in [0.2, 0.25) is 0 Å². The van der Waals surface area contributed by atoms with E-state index in [9.17, 15) is 5.11 Å². The zero-order valence-corrected chi connectivity index (χ0v) is 15.7. The van der Waals surface area contributed by atoms with E-state index >= 15 is 0 Å². The Morgan fingerprint density at radius 1 is 0.960 bits per heavy atom. The molecule has 0 aliphatic rings. The summed E-state index contributed by atoms with van der Waals surface area (Å²) in [5.74, 6) is 0. The average Bonchev–Trinajstić information content (AvgIpc) is 2.63. The first-order valence-electron chi connectivity index (χ1n) is 9.87. The molecule has 140 valence electrons. The van der Waals surface area contributed by atoms with E-state index in [2.05, 4.69) is 18.0 Å². The summed E-state index contributed by atoms with van der Waals surface area (Å²) in [4.78, 5) is 4.56. The third-order valence-electron chi connectivity index (χ3n) is 4.20. The molecular formula is C22H35NO2. The van der Waals surface area contributed by atoms with Crippen molar-refractivity contribution in [2.24, 2.45) is 0 Å². The van der Waals surface area contributed by atoms with Gasteiger partial charge >= 0.3 is 0 Å². The Labute approximate surface area is 153 Å². The zero-order valence-electron chi connectivity index (χ0n) is 15.7. The van der Waals surface area contributed by atoms with Crippen molar-refractivity contribution in [3.05, 3.63) is 41.7 Å². The number of pyridine rings is 1. The van der Waals surface area contributed by atoms with Crippen LogP contribution >= 0.6 is 0 Å². The second-order valence-corrected chi connectivity index (χ2v) is 6.59. The van der Waals surface area contributed by atoms with E-state index in [4.69, 9.17) is 5.11 Å². The minimum Gasteiger partial charge on any atom is -0.396 e. The molecule has 0 aliphatic carbocycles. The van der Waals surface area contributed by atoms with Gasteiger partial charge in [0.15, 0.2) is 0 Å². The predicted octanol–water partition coefficient (Wildman–Crippen LogP) is 5.38. The standard InChI is InChI=1S/C22H35NO2/c1-2-3-4-5-6-10-16-22(25)18-17-21-15-12-14-20(23-21)13-9-7-8-11-19-24/h9,12-15,17-18,22,24-25H,2-8,10-11,16,19H2,1H3/b13-9-,18-17+. The van der Waals surface area contributed by atoms with Crippen molar-refractivity contribution in [2.45, 2.75) is 77.2 Å². The Kier molecular flexibility index (Phi) is 12.8. The number of nitrogens with zero attached hydrogens (tertiary/aromatic N) is 1. The molecule has 0 saturated heterocycles. The van der Waals surface area contributed by atoms with Gasteiger partial charge in [0.05, 0.1) is 17.5 Å². The highest BCUT2D eigenvalue weighted by molar-refractivity contribution is 5.50. The van der Waals surface area contributed by atoms with E-state index in [1.165, 1.54) is 32.1 Å². The van der Waals surface area contributed by atoms with Crippen LogP contribution in [0.25, 0.3) is 12.2 Å². The van der Waals surface area contributed by atoms with Gasteiger partial charge in [0, 0.05) is 6.61 Å². The lowest BCUT2D eigenvalue weighted by molar-refractivity contribution is 0.208. The summed E-state index contributed by atoms with van der Waals surface area (Å²) in [5.41, 5.74) is 1.80. The molecule has 0 aliphatic heterocycles. The quantitative estimate of drug-likeness (QED) is 0.445. The molecule has 0 aromatic carbocycles. The van der Waals surface area contributed by atoms with Crippen LogP contribution in [0, 0.1) is 0 Å². The van der Waals surface area contributed by atoms with Gasteiger partial charge in [-0.1, -0.05) is 63.7 Å². The van der Waals surface area contributed by atoms with Crippen molar-refractivity contribution in [3.63, 3.8) is 0 Å². The maximum Gasteiger partial charge on any atom is 0.0724 e. The zero-order chi connectivity index (χ0) is 18.2. The van der Waals surface area contributed by atoms with Crippen LogP contribution in [0.4, 0.5) is 0 Å². The van der Waals surface area contributed by atoms with Crippen LogP contribution in [0.5, 0.6) is 0 Å². The first-order chi connectivity index (χ1) is 12.3. The molecule has 1 aromatic heterocycles. The maximum absolute atomic E-state index is 10.1. The maximum atomic E-state index is 10.1. The van der Waals surface area contributed by atoms with Gasteiger partial charge in [-0.2, -0.15) is 0 Å². The highest BCUT2D eigenvalue weighted by Crippen LogP contribution is 2.11. The monoisotopic (exact) mass is 345 g/mol. The molecule has 0 radical (unpaired) electrons. The number of unbranched alkanes of at least 4 members (excludes halogenated alkanes) is 7. The van der Waals surface area contributed by atoms with E-state index in [0.717, 1.165) is 43.5 Å². The molecule has 3 heteroatoms. The van der Waals surface area contributed by atoms with Crippen LogP contribution in [-0.4, -0.2) is 27.9 Å². The molecule has 2 N–H and O–H groups in total. The third kappa shape index (κ3) is 11.7. The van der Waals surface area contributed by atoms with Crippen molar-refractivity contribution in [1.29, 1.82) is 0 Å². The molecule has 25 heavy (non-hydrogen) atoms. The number of rotatable bonds is 14. The van der Waals surface area contributed by atoms with Gasteiger partial charge in [-0.05, 0) is 50.0 Å². The van der Waals surface area contributed by atoms with Crippen LogP contribution in [0.1, 0.15) is 82.5 Å². The summed E-state index contributed by atoms with van der Waals surface area (Å²) in [6.45, 7) is 2.48. The van der Waals surface area contributed by atoms with Crippen molar-refractivity contribution in [2.75, 3.05) is 6.61 Å². The fraction of sp³-hybridized carbons (Fsp3) is 0.591. The second-order valence-electron chi connectivity index (χ2n) is 6.59. The lowest BCUT2D eigenvalue weighted by Crippen LogP contribution is -2.01. The number of hydrogen-bond acceptors (Lipinski definition) is 3. The van der Waals surface area contributed by atoms with Crippen LogP contribution in [0.15, 0.2) is 30.4 Å². The van der Waals surface area contributed by atoms with Gasteiger partial charge < -0.3 is 10.2 Å². The number of allylic oxidation sites excluding steroid dienone is 1. The molecule has 1 heterocycles. The van der Waals surface area contributed by atoms with E-state index < -0.39 is 0 Å². The Hall–Kier alpha value is -1.45. The van der Waals surface area contributed by atoms with Crippen molar-refractivity contribution in [1.82, 2.24) is 4.98 Å². The Morgan fingerprint density at radius 2 is 1.68 bits per heavy atom. The molecule has 0 fully saturated rings. The molecule has 1 rings (SSSR count). The molecule has 0 saturated carbocycles. The predicted molar refractivity (Wildman–Crippen MR) is 107 cm³/mol. The number of hydrogen-bond donors (Lipinski definition) is 2. The summed E-state index contributed by atoms with van der Waals surface area (Å²) in [7, 11) is 0. The first-order valence-corrected chi connectivity index (χ1v) is 9.87. The fourth-order valence-corrected chi connectivity index (χ4v) is 2.67. The minimum atomic E-state index is -0.384. The molecule has 0 bridgehead atoms. The fourth-order valence-electron chi connectivity index (χ4n) is 2.67. The second kappa shape index (κ2) is 14.9. The SMILES string of the molecule is CCCCCCCCC(O)/C=C/c1cccc(/C=C\CCCCO)n1. The van der Waals surface area contributed by atoms with Gasteiger partial charge in [-0.25, -0.2) is 4.98 Å². The Balaban J connectivity index is 2.32. The lowest BCUT2D eigenvalue weighted by Gasteiger charge is -2.05. The summed E-state index contributed by atoms with van der Waals surface area (Å²) in [6, 6.07) is 5.92. The van der Waals surface area contributed by atoms with E-state index in [1.807, 2.05) is 36.4 Å². The van der Waals surface area contributed by atoms with E-state index in [0.29, 0.717) is 0 Å².